The molecule has 0 amide bonds. The average Bonchev–Trinajstić information content (AvgIpc) is 3.16. The zero-order chi connectivity index (χ0) is 17.8. The van der Waals surface area contributed by atoms with Crippen LogP contribution in [0.1, 0.15) is 16.4 Å². The van der Waals surface area contributed by atoms with Gasteiger partial charge in [-0.15, -0.1) is 10.2 Å². The lowest BCUT2D eigenvalue weighted by Crippen LogP contribution is -1.96. The summed E-state index contributed by atoms with van der Waals surface area (Å²) in [6.45, 7) is 0. The highest BCUT2D eigenvalue weighted by atomic mass is 79.9. The Balaban J connectivity index is 1.66. The van der Waals surface area contributed by atoms with Crippen LogP contribution in [0.3, 0.4) is 0 Å². The van der Waals surface area contributed by atoms with Gasteiger partial charge in [-0.3, -0.25) is 0 Å². The minimum atomic E-state index is 0.0879. The van der Waals surface area contributed by atoms with Crippen LogP contribution < -0.4 is 0 Å². The highest BCUT2D eigenvalue weighted by Crippen LogP contribution is 2.40. The van der Waals surface area contributed by atoms with Gasteiger partial charge in [0.25, 0.3) is 5.22 Å². The number of thioether (sulfide) groups is 1. The molecule has 0 N–H and O–H groups in total. The van der Waals surface area contributed by atoms with Crippen LogP contribution in [0.4, 0.5) is 0 Å². The Morgan fingerprint density at radius 2 is 1.31 bits per heavy atom. The van der Waals surface area contributed by atoms with Crippen molar-refractivity contribution in [1.29, 1.82) is 0 Å². The molecule has 0 spiro atoms. The van der Waals surface area contributed by atoms with Gasteiger partial charge in [0.05, 0.1) is 10.8 Å². The van der Waals surface area contributed by atoms with E-state index in [1.807, 2.05) is 60.7 Å². The van der Waals surface area contributed by atoms with E-state index in [9.17, 15) is 0 Å². The van der Waals surface area contributed by atoms with Gasteiger partial charge in [-0.2, -0.15) is 0 Å². The van der Waals surface area contributed by atoms with E-state index in [2.05, 4.69) is 50.4 Å². The lowest BCUT2D eigenvalue weighted by molar-refractivity contribution is 0.465. The number of halogens is 1. The summed E-state index contributed by atoms with van der Waals surface area (Å²) in [5, 5.41) is 9.11. The second-order valence-corrected chi connectivity index (χ2v) is 7.58. The zero-order valence-electron chi connectivity index (χ0n) is 13.7. The maximum absolute atomic E-state index is 5.93. The smallest absolute Gasteiger partial charge is 0.277 e. The van der Waals surface area contributed by atoms with Crippen LogP contribution in [0.5, 0.6) is 0 Å². The Bertz CT molecular complexity index is 950. The summed E-state index contributed by atoms with van der Waals surface area (Å²) in [5.41, 5.74) is 3.29. The maximum Gasteiger partial charge on any atom is 0.277 e. The molecule has 3 nitrogen and oxygen atoms in total. The van der Waals surface area contributed by atoms with E-state index >= 15 is 0 Å². The minimum absolute atomic E-state index is 0.0879. The first-order valence-electron chi connectivity index (χ1n) is 8.16. The highest BCUT2D eigenvalue weighted by molar-refractivity contribution is 9.10. The summed E-state index contributed by atoms with van der Waals surface area (Å²) >= 11 is 5.09. The second-order valence-electron chi connectivity index (χ2n) is 5.67. The van der Waals surface area contributed by atoms with Crippen molar-refractivity contribution in [3.8, 4) is 11.5 Å². The van der Waals surface area contributed by atoms with Gasteiger partial charge in [0, 0.05) is 4.47 Å². The van der Waals surface area contributed by atoms with Gasteiger partial charge in [-0.25, -0.2) is 0 Å². The maximum atomic E-state index is 5.93. The first kappa shape index (κ1) is 17.1. The molecular formula is C21H15BrN2OS. The van der Waals surface area contributed by atoms with Crippen molar-refractivity contribution < 1.29 is 4.42 Å². The molecule has 1 aromatic heterocycles. The molecule has 26 heavy (non-hydrogen) atoms. The number of benzene rings is 3. The number of nitrogens with zero attached hydrogens (tertiary/aromatic N) is 2. The topological polar surface area (TPSA) is 38.9 Å². The van der Waals surface area contributed by atoms with Gasteiger partial charge >= 0.3 is 0 Å². The van der Waals surface area contributed by atoms with Crippen LogP contribution in [0.2, 0.25) is 0 Å². The molecule has 0 aliphatic rings. The van der Waals surface area contributed by atoms with Crippen molar-refractivity contribution in [2.24, 2.45) is 0 Å². The van der Waals surface area contributed by atoms with E-state index in [4.69, 9.17) is 4.42 Å². The SMILES string of the molecule is Brc1ccccc1-c1nnc(SC(c2ccccc2)c2ccccc2)o1. The molecule has 0 unspecified atom stereocenters. The van der Waals surface area contributed by atoms with Gasteiger partial charge in [-0.1, -0.05) is 84.6 Å². The third-order valence-corrected chi connectivity index (χ3v) is 5.77. The van der Waals surface area contributed by atoms with Gasteiger partial charge < -0.3 is 4.42 Å². The molecule has 3 aromatic carbocycles. The largest absolute Gasteiger partial charge is 0.411 e. The number of hydrogen-bond acceptors (Lipinski definition) is 4. The van der Waals surface area contributed by atoms with Gasteiger partial charge in [0.1, 0.15) is 0 Å². The normalized spacial score (nSPS) is 11.0. The molecule has 0 radical (unpaired) electrons. The first-order chi connectivity index (χ1) is 12.8. The molecule has 0 saturated heterocycles. The number of aromatic nitrogens is 2. The monoisotopic (exact) mass is 422 g/mol. The van der Waals surface area contributed by atoms with Gasteiger partial charge in [-0.05, 0) is 39.2 Å². The predicted molar refractivity (Wildman–Crippen MR) is 108 cm³/mol. The fraction of sp³-hybridized carbons (Fsp3) is 0.0476. The average molecular weight is 423 g/mol. The second kappa shape index (κ2) is 7.89. The Kier molecular flexibility index (Phi) is 5.18. The predicted octanol–water partition coefficient (Wildman–Crippen LogP) is 6.38. The third-order valence-electron chi connectivity index (χ3n) is 3.93. The fourth-order valence-electron chi connectivity index (χ4n) is 2.69. The lowest BCUT2D eigenvalue weighted by Gasteiger charge is -2.15. The van der Waals surface area contributed by atoms with E-state index < -0.39 is 0 Å². The summed E-state index contributed by atoms with van der Waals surface area (Å²) in [7, 11) is 0. The fourth-order valence-corrected chi connectivity index (χ4v) is 4.14. The van der Waals surface area contributed by atoms with E-state index in [-0.39, 0.29) is 5.25 Å². The lowest BCUT2D eigenvalue weighted by atomic mass is 10.0. The Hall–Kier alpha value is -2.37. The molecule has 0 saturated carbocycles. The zero-order valence-corrected chi connectivity index (χ0v) is 16.2. The molecule has 0 aliphatic carbocycles. The number of hydrogen-bond donors (Lipinski definition) is 0. The standard InChI is InChI=1S/C21H15BrN2OS/c22-18-14-8-7-13-17(18)20-23-24-21(25-20)26-19(15-9-3-1-4-10-15)16-11-5-2-6-12-16/h1-14,19H. The quantitative estimate of drug-likeness (QED) is 0.349. The summed E-state index contributed by atoms with van der Waals surface area (Å²) in [6.07, 6.45) is 0. The van der Waals surface area contributed by atoms with E-state index in [0.717, 1.165) is 10.0 Å². The summed E-state index contributed by atoms with van der Waals surface area (Å²) in [6, 6.07) is 28.5. The van der Waals surface area contributed by atoms with Crippen molar-refractivity contribution >= 4 is 27.7 Å². The summed E-state index contributed by atoms with van der Waals surface area (Å²) < 4.78 is 6.87. The van der Waals surface area contributed by atoms with Crippen LogP contribution in [0, 0.1) is 0 Å². The van der Waals surface area contributed by atoms with Crippen LogP contribution in [0.25, 0.3) is 11.5 Å². The van der Waals surface area contributed by atoms with E-state index in [1.54, 1.807) is 11.8 Å². The molecule has 5 heteroatoms. The molecule has 4 aromatic rings. The van der Waals surface area contributed by atoms with Crippen molar-refractivity contribution in [1.82, 2.24) is 10.2 Å². The Labute approximate surface area is 164 Å². The van der Waals surface area contributed by atoms with Crippen molar-refractivity contribution in [3.63, 3.8) is 0 Å². The molecule has 128 valence electrons. The highest BCUT2D eigenvalue weighted by Gasteiger charge is 2.20. The first-order valence-corrected chi connectivity index (χ1v) is 9.83. The van der Waals surface area contributed by atoms with Gasteiger partial charge in [0.15, 0.2) is 0 Å². The molecule has 0 bridgehead atoms. The Morgan fingerprint density at radius 1 is 0.731 bits per heavy atom. The minimum Gasteiger partial charge on any atom is -0.411 e. The molecule has 0 fully saturated rings. The molecule has 4 rings (SSSR count). The van der Waals surface area contributed by atoms with Crippen LogP contribution in [-0.4, -0.2) is 10.2 Å². The van der Waals surface area contributed by atoms with Crippen molar-refractivity contribution in [2.75, 3.05) is 0 Å². The van der Waals surface area contributed by atoms with Crippen LogP contribution in [0.15, 0.2) is 99.0 Å². The van der Waals surface area contributed by atoms with E-state index in [0.29, 0.717) is 11.1 Å². The molecule has 0 atom stereocenters. The molecule has 1 heterocycles. The van der Waals surface area contributed by atoms with Crippen molar-refractivity contribution in [2.45, 2.75) is 10.5 Å². The van der Waals surface area contributed by atoms with Crippen LogP contribution >= 0.6 is 27.7 Å². The van der Waals surface area contributed by atoms with E-state index in [1.165, 1.54) is 11.1 Å². The molecule has 0 aliphatic heterocycles. The summed E-state index contributed by atoms with van der Waals surface area (Å²) in [5.74, 6) is 0.514. The third kappa shape index (κ3) is 3.74. The van der Waals surface area contributed by atoms with Crippen molar-refractivity contribution in [3.05, 3.63) is 101 Å². The Morgan fingerprint density at radius 3 is 1.92 bits per heavy atom. The number of rotatable bonds is 5. The van der Waals surface area contributed by atoms with Gasteiger partial charge in [0.2, 0.25) is 5.89 Å². The summed E-state index contributed by atoms with van der Waals surface area (Å²) in [4.78, 5) is 0. The molecular weight excluding hydrogens is 408 g/mol. The van der Waals surface area contributed by atoms with Crippen LogP contribution in [-0.2, 0) is 0 Å².